The highest BCUT2D eigenvalue weighted by molar-refractivity contribution is 5.76. The van der Waals surface area contributed by atoms with E-state index in [9.17, 15) is 9.18 Å². The minimum absolute atomic E-state index is 0.0280. The minimum Gasteiger partial charge on any atom is -0.462 e. The van der Waals surface area contributed by atoms with Gasteiger partial charge in [0.25, 0.3) is 0 Å². The van der Waals surface area contributed by atoms with Crippen LogP contribution in [-0.4, -0.2) is 25.2 Å². The number of halogens is 1. The molecule has 3 aliphatic rings. The first-order valence-corrected chi connectivity index (χ1v) is 10.3. The molecule has 0 amide bonds. The maximum absolute atomic E-state index is 13.0. The molecule has 27 heavy (non-hydrogen) atoms. The topological polar surface area (TPSA) is 38.3 Å². The molecule has 4 rings (SSSR count). The average Bonchev–Trinajstić information content (AvgIpc) is 2.92. The summed E-state index contributed by atoms with van der Waals surface area (Å²) in [5.74, 6) is 0.0322. The maximum Gasteiger partial charge on any atom is 0.310 e. The van der Waals surface area contributed by atoms with Gasteiger partial charge in [-0.1, -0.05) is 30.2 Å². The van der Waals surface area contributed by atoms with Gasteiger partial charge < -0.3 is 10.1 Å². The van der Waals surface area contributed by atoms with E-state index in [4.69, 9.17) is 4.74 Å². The zero-order chi connectivity index (χ0) is 19.0. The molecule has 2 fully saturated rings. The van der Waals surface area contributed by atoms with Crippen LogP contribution in [0.2, 0.25) is 0 Å². The number of carbonyl (C=O) groups excluding carboxylic acids is 1. The Morgan fingerprint density at radius 3 is 2.85 bits per heavy atom. The van der Waals surface area contributed by atoms with Crippen LogP contribution in [0.5, 0.6) is 0 Å². The number of allylic oxidation sites excluding steroid dienone is 2. The molecule has 1 N–H and O–H groups in total. The van der Waals surface area contributed by atoms with E-state index < -0.39 is 0 Å². The van der Waals surface area contributed by atoms with Crippen molar-refractivity contribution in [2.45, 2.75) is 58.5 Å². The molecule has 0 radical (unpaired) electrons. The number of rotatable bonds is 5. The largest absolute Gasteiger partial charge is 0.462 e. The summed E-state index contributed by atoms with van der Waals surface area (Å²) < 4.78 is 18.8. The normalized spacial score (nSPS) is 32.9. The Hall–Kier alpha value is -1.68. The standard InChI is InChI=1S/C23H30FNO2/c1-15-4-3-10-23(2)13-21-18(12-20(15)23)19(22(26)27-21)14-25-11-9-16-5-7-17(24)8-6-16/h5-8,18-19,21,25H,3-4,9-14H2,1-2H3/t18-,19+,21-,23-/m1/s1. The SMILES string of the molecule is CC1=C2C[C@@H]3[C@H](CNCCc4ccc(F)cc4)C(=O)O[C@@H]3C[C@@]2(C)CCC1. The number of ether oxygens (including phenoxy) is 1. The molecule has 1 aromatic carbocycles. The summed E-state index contributed by atoms with van der Waals surface area (Å²) in [7, 11) is 0. The van der Waals surface area contributed by atoms with Gasteiger partial charge in [-0.3, -0.25) is 4.79 Å². The van der Waals surface area contributed by atoms with E-state index in [1.54, 1.807) is 11.1 Å². The predicted octanol–water partition coefficient (Wildman–Crippen LogP) is 4.42. The first-order valence-electron chi connectivity index (χ1n) is 10.3. The molecular weight excluding hydrogens is 341 g/mol. The molecule has 4 atom stereocenters. The minimum atomic E-state index is -0.205. The van der Waals surface area contributed by atoms with Crippen LogP contribution in [0.3, 0.4) is 0 Å². The molecule has 1 saturated heterocycles. The fraction of sp³-hybridized carbons (Fsp3) is 0.609. The Bertz CT molecular complexity index is 741. The first kappa shape index (κ1) is 18.7. The molecule has 3 nitrogen and oxygen atoms in total. The molecular formula is C23H30FNO2. The van der Waals surface area contributed by atoms with E-state index in [1.807, 2.05) is 12.1 Å². The Morgan fingerprint density at radius 1 is 1.30 bits per heavy atom. The summed E-state index contributed by atoms with van der Waals surface area (Å²) >= 11 is 0. The zero-order valence-electron chi connectivity index (χ0n) is 16.4. The quantitative estimate of drug-likeness (QED) is 0.473. The van der Waals surface area contributed by atoms with Crippen LogP contribution in [0.1, 0.15) is 51.5 Å². The summed E-state index contributed by atoms with van der Waals surface area (Å²) in [4.78, 5) is 12.5. The van der Waals surface area contributed by atoms with E-state index >= 15 is 0 Å². The molecule has 1 aliphatic heterocycles. The summed E-state index contributed by atoms with van der Waals surface area (Å²) in [6, 6.07) is 6.62. The van der Waals surface area contributed by atoms with Gasteiger partial charge in [0.2, 0.25) is 0 Å². The molecule has 0 unspecified atom stereocenters. The lowest BCUT2D eigenvalue weighted by Crippen LogP contribution is -2.40. The molecule has 146 valence electrons. The monoisotopic (exact) mass is 371 g/mol. The Kier molecular flexibility index (Phi) is 5.11. The van der Waals surface area contributed by atoms with Crippen molar-refractivity contribution in [3.05, 3.63) is 46.8 Å². The third-order valence-electron chi connectivity index (χ3n) is 7.05. The van der Waals surface area contributed by atoms with Gasteiger partial charge in [0, 0.05) is 12.5 Å². The van der Waals surface area contributed by atoms with E-state index in [0.717, 1.165) is 31.4 Å². The smallest absolute Gasteiger partial charge is 0.310 e. The Morgan fingerprint density at radius 2 is 2.07 bits per heavy atom. The number of carbonyl (C=O) groups is 1. The molecule has 1 aromatic rings. The number of benzene rings is 1. The average molecular weight is 371 g/mol. The van der Waals surface area contributed by atoms with Gasteiger partial charge in [-0.15, -0.1) is 0 Å². The predicted molar refractivity (Wildman–Crippen MR) is 104 cm³/mol. The highest BCUT2D eigenvalue weighted by Crippen LogP contribution is 2.54. The van der Waals surface area contributed by atoms with Crippen LogP contribution < -0.4 is 5.32 Å². The second-order valence-corrected chi connectivity index (χ2v) is 8.91. The molecule has 4 heteroatoms. The fourth-order valence-electron chi connectivity index (χ4n) is 5.49. The Labute approximate surface area is 161 Å². The number of fused-ring (bicyclic) bond motifs is 2. The number of esters is 1. The lowest BCUT2D eigenvalue weighted by Gasteiger charge is -2.45. The Balaban J connectivity index is 1.36. The summed E-state index contributed by atoms with van der Waals surface area (Å²) in [5, 5.41) is 3.44. The van der Waals surface area contributed by atoms with Gasteiger partial charge in [0.05, 0.1) is 5.92 Å². The van der Waals surface area contributed by atoms with Crippen molar-refractivity contribution in [2.24, 2.45) is 17.3 Å². The molecule has 1 saturated carbocycles. The first-order chi connectivity index (χ1) is 13.0. The van der Waals surface area contributed by atoms with Crippen LogP contribution >= 0.6 is 0 Å². The van der Waals surface area contributed by atoms with Gasteiger partial charge in [-0.25, -0.2) is 4.39 Å². The van der Waals surface area contributed by atoms with Crippen molar-refractivity contribution in [3.63, 3.8) is 0 Å². The van der Waals surface area contributed by atoms with Gasteiger partial charge in [-0.05, 0) is 75.1 Å². The number of hydrogen-bond donors (Lipinski definition) is 1. The fourth-order valence-corrected chi connectivity index (χ4v) is 5.49. The van der Waals surface area contributed by atoms with Gasteiger partial charge >= 0.3 is 5.97 Å². The van der Waals surface area contributed by atoms with Crippen LogP contribution in [-0.2, 0) is 16.0 Å². The van der Waals surface area contributed by atoms with Crippen molar-refractivity contribution in [1.29, 1.82) is 0 Å². The van der Waals surface area contributed by atoms with Crippen molar-refractivity contribution < 1.29 is 13.9 Å². The second kappa shape index (κ2) is 7.38. The van der Waals surface area contributed by atoms with Crippen molar-refractivity contribution in [3.8, 4) is 0 Å². The molecule has 0 aromatic heterocycles. The molecule has 2 aliphatic carbocycles. The highest BCUT2D eigenvalue weighted by atomic mass is 19.1. The van der Waals surface area contributed by atoms with Crippen molar-refractivity contribution in [2.75, 3.05) is 13.1 Å². The maximum atomic E-state index is 13.0. The van der Waals surface area contributed by atoms with E-state index in [2.05, 4.69) is 19.2 Å². The van der Waals surface area contributed by atoms with Gasteiger partial charge in [0.15, 0.2) is 0 Å². The van der Waals surface area contributed by atoms with Crippen LogP contribution in [0.25, 0.3) is 0 Å². The lowest BCUT2D eigenvalue weighted by atomic mass is 9.59. The van der Waals surface area contributed by atoms with Crippen LogP contribution in [0, 0.1) is 23.1 Å². The number of nitrogens with one attached hydrogen (secondary N) is 1. The van der Waals surface area contributed by atoms with Crippen molar-refractivity contribution >= 4 is 5.97 Å². The second-order valence-electron chi connectivity index (χ2n) is 8.91. The van der Waals surface area contributed by atoms with Gasteiger partial charge in [0.1, 0.15) is 11.9 Å². The van der Waals surface area contributed by atoms with E-state index in [0.29, 0.717) is 12.5 Å². The van der Waals surface area contributed by atoms with Gasteiger partial charge in [-0.2, -0.15) is 0 Å². The zero-order valence-corrected chi connectivity index (χ0v) is 16.4. The van der Waals surface area contributed by atoms with Crippen molar-refractivity contribution in [1.82, 2.24) is 5.32 Å². The highest BCUT2D eigenvalue weighted by Gasteiger charge is 2.52. The van der Waals surface area contributed by atoms with E-state index in [-0.39, 0.29) is 29.2 Å². The summed E-state index contributed by atoms with van der Waals surface area (Å²) in [6.45, 7) is 6.10. The van der Waals surface area contributed by atoms with Crippen LogP contribution in [0.4, 0.5) is 4.39 Å². The van der Waals surface area contributed by atoms with Crippen LogP contribution in [0.15, 0.2) is 35.4 Å². The summed E-state index contributed by atoms with van der Waals surface area (Å²) in [5.41, 5.74) is 4.48. The lowest BCUT2D eigenvalue weighted by molar-refractivity contribution is -0.145. The molecule has 0 spiro atoms. The molecule has 1 heterocycles. The van der Waals surface area contributed by atoms with E-state index in [1.165, 1.54) is 31.4 Å². The molecule has 0 bridgehead atoms. The third-order valence-corrected chi connectivity index (χ3v) is 7.05. The third kappa shape index (κ3) is 3.69. The summed E-state index contributed by atoms with van der Waals surface area (Å²) in [6.07, 6.45) is 6.61. The number of hydrogen-bond acceptors (Lipinski definition) is 3.